The number of benzene rings is 1. The van der Waals surface area contributed by atoms with Crippen LogP contribution in [0.25, 0.3) is 10.2 Å². The topological polar surface area (TPSA) is 91.4 Å². The SMILES string of the molecule is C=C1CCC2(CCN(C(=O)c3ccc4nc(NC(C)=O)sc4c3)C2)C(=O)N1. The Morgan fingerprint density at radius 1 is 1.37 bits per heavy atom. The summed E-state index contributed by atoms with van der Waals surface area (Å²) in [7, 11) is 0. The molecule has 0 radical (unpaired) electrons. The van der Waals surface area contributed by atoms with Gasteiger partial charge < -0.3 is 15.5 Å². The number of carbonyl (C=O) groups excluding carboxylic acids is 3. The quantitative estimate of drug-likeness (QED) is 0.832. The Hall–Kier alpha value is -2.74. The second-order valence-corrected chi connectivity index (χ2v) is 8.23. The molecule has 0 aliphatic carbocycles. The summed E-state index contributed by atoms with van der Waals surface area (Å²) in [5.74, 6) is -0.284. The number of nitrogens with zero attached hydrogens (tertiary/aromatic N) is 2. The second-order valence-electron chi connectivity index (χ2n) is 7.20. The van der Waals surface area contributed by atoms with Gasteiger partial charge in [-0.15, -0.1) is 0 Å². The maximum atomic E-state index is 13.0. The minimum absolute atomic E-state index is 0.0214. The predicted octanol–water partition coefficient (Wildman–Crippen LogP) is 2.51. The van der Waals surface area contributed by atoms with Gasteiger partial charge in [0.05, 0.1) is 15.6 Å². The molecule has 2 aliphatic rings. The van der Waals surface area contributed by atoms with Crippen molar-refractivity contribution in [2.24, 2.45) is 5.41 Å². The van der Waals surface area contributed by atoms with Crippen molar-refractivity contribution in [1.29, 1.82) is 0 Å². The van der Waals surface area contributed by atoms with Crippen LogP contribution in [0.1, 0.15) is 36.5 Å². The molecule has 2 saturated heterocycles. The number of anilines is 1. The zero-order valence-corrected chi connectivity index (χ0v) is 15.8. The number of hydrogen-bond acceptors (Lipinski definition) is 5. The van der Waals surface area contributed by atoms with E-state index >= 15 is 0 Å². The number of rotatable bonds is 2. The van der Waals surface area contributed by atoms with Gasteiger partial charge in [0.1, 0.15) is 0 Å². The van der Waals surface area contributed by atoms with Crippen molar-refractivity contribution in [2.45, 2.75) is 26.2 Å². The third-order valence-electron chi connectivity index (χ3n) is 5.24. The van der Waals surface area contributed by atoms with Gasteiger partial charge in [0, 0.05) is 31.3 Å². The second kappa shape index (κ2) is 6.45. The summed E-state index contributed by atoms with van der Waals surface area (Å²) in [6, 6.07) is 5.33. The molecule has 0 saturated carbocycles. The lowest BCUT2D eigenvalue weighted by molar-refractivity contribution is -0.131. The smallest absolute Gasteiger partial charge is 0.253 e. The fourth-order valence-corrected chi connectivity index (χ4v) is 4.69. The number of fused-ring (bicyclic) bond motifs is 1. The van der Waals surface area contributed by atoms with E-state index in [0.29, 0.717) is 30.2 Å². The third-order valence-corrected chi connectivity index (χ3v) is 6.17. The lowest BCUT2D eigenvalue weighted by Crippen LogP contribution is -2.46. The average molecular weight is 384 g/mol. The Morgan fingerprint density at radius 3 is 2.93 bits per heavy atom. The van der Waals surface area contributed by atoms with Gasteiger partial charge in [-0.25, -0.2) is 4.98 Å². The van der Waals surface area contributed by atoms with E-state index < -0.39 is 5.41 Å². The van der Waals surface area contributed by atoms with Crippen molar-refractivity contribution in [3.63, 3.8) is 0 Å². The van der Waals surface area contributed by atoms with Crippen molar-refractivity contribution < 1.29 is 14.4 Å². The van der Waals surface area contributed by atoms with Crippen LogP contribution >= 0.6 is 11.3 Å². The van der Waals surface area contributed by atoms with Gasteiger partial charge in [-0.3, -0.25) is 14.4 Å². The average Bonchev–Trinajstić information content (AvgIpc) is 3.21. The van der Waals surface area contributed by atoms with E-state index in [2.05, 4.69) is 22.2 Å². The summed E-state index contributed by atoms with van der Waals surface area (Å²) >= 11 is 1.33. The van der Waals surface area contributed by atoms with Crippen molar-refractivity contribution in [3.05, 3.63) is 36.0 Å². The van der Waals surface area contributed by atoms with E-state index in [-0.39, 0.29) is 17.7 Å². The number of carbonyl (C=O) groups is 3. The molecule has 2 N–H and O–H groups in total. The molecule has 1 aromatic heterocycles. The van der Waals surface area contributed by atoms with Gasteiger partial charge in [-0.05, 0) is 37.5 Å². The largest absolute Gasteiger partial charge is 0.338 e. The summed E-state index contributed by atoms with van der Waals surface area (Å²) in [6.07, 6.45) is 2.16. The van der Waals surface area contributed by atoms with Crippen LogP contribution in [0.5, 0.6) is 0 Å². The normalized spacial score (nSPS) is 22.3. The lowest BCUT2D eigenvalue weighted by atomic mass is 9.78. The van der Waals surface area contributed by atoms with Gasteiger partial charge in [0.2, 0.25) is 11.8 Å². The summed E-state index contributed by atoms with van der Waals surface area (Å²) < 4.78 is 0.838. The Balaban J connectivity index is 1.53. The number of amides is 3. The first-order chi connectivity index (χ1) is 12.9. The molecule has 0 bridgehead atoms. The summed E-state index contributed by atoms with van der Waals surface area (Å²) in [5.41, 5.74) is 1.56. The molecular weight excluding hydrogens is 364 g/mol. The van der Waals surface area contributed by atoms with Crippen LogP contribution in [-0.2, 0) is 9.59 Å². The van der Waals surface area contributed by atoms with Crippen LogP contribution in [-0.4, -0.2) is 40.7 Å². The highest BCUT2D eigenvalue weighted by Crippen LogP contribution is 2.39. The molecule has 27 heavy (non-hydrogen) atoms. The van der Waals surface area contributed by atoms with Crippen LogP contribution in [0.3, 0.4) is 0 Å². The molecule has 2 fully saturated rings. The highest BCUT2D eigenvalue weighted by atomic mass is 32.1. The van der Waals surface area contributed by atoms with Crippen LogP contribution in [0, 0.1) is 5.41 Å². The summed E-state index contributed by atoms with van der Waals surface area (Å²) in [5, 5.41) is 6.02. The molecule has 2 aromatic rings. The molecule has 140 valence electrons. The first-order valence-electron chi connectivity index (χ1n) is 8.83. The molecule has 4 rings (SSSR count). The number of aromatic nitrogens is 1. The first-order valence-corrected chi connectivity index (χ1v) is 9.65. The van der Waals surface area contributed by atoms with Crippen molar-refractivity contribution in [1.82, 2.24) is 15.2 Å². The van der Waals surface area contributed by atoms with Gasteiger partial charge >= 0.3 is 0 Å². The maximum Gasteiger partial charge on any atom is 0.253 e. The van der Waals surface area contributed by atoms with Crippen LogP contribution < -0.4 is 10.6 Å². The van der Waals surface area contributed by atoms with E-state index in [1.54, 1.807) is 23.1 Å². The number of piperidine rings is 1. The number of thiazole rings is 1. The standard InChI is InChI=1S/C19H20N4O3S/c1-11-5-6-19(17(26)20-11)7-8-23(10-19)16(25)13-3-4-14-15(9-13)27-18(22-14)21-12(2)24/h3-4,9H,1,5-8,10H2,2H3,(H,20,26)(H,21,22,24). The summed E-state index contributed by atoms with van der Waals surface area (Å²) in [4.78, 5) is 42.7. The van der Waals surface area contributed by atoms with E-state index in [0.717, 1.165) is 28.8 Å². The number of nitrogens with one attached hydrogen (secondary N) is 2. The van der Waals surface area contributed by atoms with E-state index in [4.69, 9.17) is 0 Å². The molecule has 1 unspecified atom stereocenters. The monoisotopic (exact) mass is 384 g/mol. The van der Waals surface area contributed by atoms with Gasteiger partial charge in [0.25, 0.3) is 5.91 Å². The number of allylic oxidation sites excluding steroid dienone is 1. The number of likely N-dealkylation sites (tertiary alicyclic amines) is 1. The van der Waals surface area contributed by atoms with Gasteiger partial charge in [-0.1, -0.05) is 17.9 Å². The Morgan fingerprint density at radius 2 is 2.19 bits per heavy atom. The van der Waals surface area contributed by atoms with Crippen molar-refractivity contribution >= 4 is 44.4 Å². The molecule has 3 amide bonds. The van der Waals surface area contributed by atoms with Crippen LogP contribution in [0.2, 0.25) is 0 Å². The predicted molar refractivity (Wildman–Crippen MR) is 103 cm³/mol. The Bertz CT molecular complexity index is 982. The fourth-order valence-electron chi connectivity index (χ4n) is 3.74. The zero-order chi connectivity index (χ0) is 19.2. The van der Waals surface area contributed by atoms with E-state index in [1.807, 2.05) is 0 Å². The molecule has 1 aromatic carbocycles. The van der Waals surface area contributed by atoms with Gasteiger partial charge in [0.15, 0.2) is 5.13 Å². The molecule has 3 heterocycles. The van der Waals surface area contributed by atoms with Crippen LogP contribution in [0.4, 0.5) is 5.13 Å². The molecule has 1 spiro atoms. The van der Waals surface area contributed by atoms with E-state index in [1.165, 1.54) is 18.3 Å². The fraction of sp³-hybridized carbons (Fsp3) is 0.368. The van der Waals surface area contributed by atoms with Gasteiger partial charge in [-0.2, -0.15) is 0 Å². The molecule has 2 aliphatic heterocycles. The lowest BCUT2D eigenvalue weighted by Gasteiger charge is -2.33. The molecule has 1 atom stereocenters. The minimum atomic E-state index is -0.496. The highest BCUT2D eigenvalue weighted by Gasteiger charge is 2.47. The maximum absolute atomic E-state index is 13.0. The third kappa shape index (κ3) is 3.21. The van der Waals surface area contributed by atoms with Crippen molar-refractivity contribution in [2.75, 3.05) is 18.4 Å². The molecule has 7 nitrogen and oxygen atoms in total. The van der Waals surface area contributed by atoms with Crippen LogP contribution in [0.15, 0.2) is 30.5 Å². The number of hydrogen-bond donors (Lipinski definition) is 2. The zero-order valence-electron chi connectivity index (χ0n) is 15.0. The van der Waals surface area contributed by atoms with Crippen molar-refractivity contribution in [3.8, 4) is 0 Å². The molecule has 8 heteroatoms. The molecular formula is C19H20N4O3S. The Kier molecular flexibility index (Phi) is 4.22. The van der Waals surface area contributed by atoms with E-state index in [9.17, 15) is 14.4 Å². The Labute approximate surface area is 160 Å². The highest BCUT2D eigenvalue weighted by molar-refractivity contribution is 7.22. The minimum Gasteiger partial charge on any atom is -0.338 e. The summed E-state index contributed by atoms with van der Waals surface area (Å²) in [6.45, 7) is 6.26. The first kappa shape index (κ1) is 17.7.